The van der Waals surface area contributed by atoms with E-state index in [4.69, 9.17) is 34.8 Å². The second-order valence-corrected chi connectivity index (χ2v) is 6.06. The van der Waals surface area contributed by atoms with Crippen molar-refractivity contribution in [2.45, 2.75) is 6.54 Å². The molecule has 0 N–H and O–H groups in total. The summed E-state index contributed by atoms with van der Waals surface area (Å²) in [4.78, 5) is 14.2. The molecular formula is C16H14Cl3NO. The van der Waals surface area contributed by atoms with E-state index in [-0.39, 0.29) is 12.3 Å². The SMILES string of the molecule is CN(CC(=O)c1ccc(Cl)cc1Cl)Cc1ccccc1Cl. The van der Waals surface area contributed by atoms with Crippen molar-refractivity contribution in [2.75, 3.05) is 13.6 Å². The van der Waals surface area contributed by atoms with E-state index in [1.165, 1.54) is 0 Å². The molecule has 2 rings (SSSR count). The minimum atomic E-state index is -0.0498. The van der Waals surface area contributed by atoms with Crippen LogP contribution in [0.25, 0.3) is 0 Å². The maximum absolute atomic E-state index is 12.3. The van der Waals surface area contributed by atoms with E-state index in [2.05, 4.69) is 0 Å². The standard InChI is InChI=1S/C16H14Cl3NO/c1-20(9-11-4-2-3-5-14(11)18)10-16(21)13-7-6-12(17)8-15(13)19/h2-8H,9-10H2,1H3. The van der Waals surface area contributed by atoms with Crippen molar-refractivity contribution in [1.82, 2.24) is 4.90 Å². The predicted molar refractivity (Wildman–Crippen MR) is 88.6 cm³/mol. The highest BCUT2D eigenvalue weighted by Gasteiger charge is 2.14. The number of benzene rings is 2. The smallest absolute Gasteiger partial charge is 0.178 e. The number of ketones is 1. The molecule has 0 aliphatic carbocycles. The molecule has 0 aliphatic heterocycles. The van der Waals surface area contributed by atoms with Gasteiger partial charge >= 0.3 is 0 Å². The molecule has 0 amide bonds. The van der Waals surface area contributed by atoms with Gasteiger partial charge in [0.25, 0.3) is 0 Å². The summed E-state index contributed by atoms with van der Waals surface area (Å²) in [7, 11) is 1.87. The molecule has 0 spiro atoms. The first-order chi connectivity index (χ1) is 9.97. The maximum atomic E-state index is 12.3. The lowest BCUT2D eigenvalue weighted by atomic mass is 10.1. The molecule has 110 valence electrons. The van der Waals surface area contributed by atoms with Crippen LogP contribution < -0.4 is 0 Å². The van der Waals surface area contributed by atoms with Crippen LogP contribution in [0.15, 0.2) is 42.5 Å². The average molecular weight is 343 g/mol. The van der Waals surface area contributed by atoms with Crippen LogP contribution in [0, 0.1) is 0 Å². The topological polar surface area (TPSA) is 20.3 Å². The highest BCUT2D eigenvalue weighted by Crippen LogP contribution is 2.22. The fraction of sp³-hybridized carbons (Fsp3) is 0.188. The molecule has 21 heavy (non-hydrogen) atoms. The Morgan fingerprint density at radius 1 is 1.05 bits per heavy atom. The third kappa shape index (κ3) is 4.45. The molecule has 0 radical (unpaired) electrons. The van der Waals surface area contributed by atoms with Crippen LogP contribution in [0.3, 0.4) is 0 Å². The van der Waals surface area contributed by atoms with Crippen LogP contribution in [0.5, 0.6) is 0 Å². The van der Waals surface area contributed by atoms with E-state index < -0.39 is 0 Å². The molecule has 0 atom stereocenters. The monoisotopic (exact) mass is 341 g/mol. The second kappa shape index (κ2) is 7.28. The van der Waals surface area contributed by atoms with Gasteiger partial charge in [-0.1, -0.05) is 53.0 Å². The summed E-state index contributed by atoms with van der Waals surface area (Å²) in [6.45, 7) is 0.850. The zero-order valence-electron chi connectivity index (χ0n) is 11.4. The summed E-state index contributed by atoms with van der Waals surface area (Å²) < 4.78 is 0. The van der Waals surface area contributed by atoms with Gasteiger partial charge in [-0.15, -0.1) is 0 Å². The summed E-state index contributed by atoms with van der Waals surface area (Å²) >= 11 is 18.0. The quantitative estimate of drug-likeness (QED) is 0.716. The normalized spacial score (nSPS) is 10.9. The van der Waals surface area contributed by atoms with Gasteiger partial charge in [0.2, 0.25) is 0 Å². The van der Waals surface area contributed by atoms with Crippen LogP contribution in [0.1, 0.15) is 15.9 Å². The Bertz CT molecular complexity index is 658. The van der Waals surface area contributed by atoms with Gasteiger partial charge < -0.3 is 0 Å². The number of rotatable bonds is 5. The average Bonchev–Trinajstić information content (AvgIpc) is 2.41. The molecule has 2 aromatic rings. The van der Waals surface area contributed by atoms with Crippen molar-refractivity contribution in [2.24, 2.45) is 0 Å². The van der Waals surface area contributed by atoms with Crippen LogP contribution in [-0.2, 0) is 6.54 Å². The Hall–Kier alpha value is -1.06. The Labute approximate surface area is 139 Å². The number of hydrogen-bond acceptors (Lipinski definition) is 2. The summed E-state index contributed by atoms with van der Waals surface area (Å²) in [5.41, 5.74) is 1.46. The van der Waals surface area contributed by atoms with Gasteiger partial charge in [0.05, 0.1) is 11.6 Å². The third-order valence-electron chi connectivity index (χ3n) is 3.04. The highest BCUT2D eigenvalue weighted by molar-refractivity contribution is 6.36. The van der Waals surface area contributed by atoms with E-state index in [1.54, 1.807) is 18.2 Å². The molecule has 2 nitrogen and oxygen atoms in total. The number of likely N-dealkylation sites (N-methyl/N-ethyl adjacent to an activating group) is 1. The second-order valence-electron chi connectivity index (χ2n) is 4.81. The molecule has 0 saturated carbocycles. The first kappa shape index (κ1) is 16.3. The van der Waals surface area contributed by atoms with E-state index in [1.807, 2.05) is 36.2 Å². The Morgan fingerprint density at radius 2 is 1.76 bits per heavy atom. The van der Waals surface area contributed by atoms with Gasteiger partial charge in [-0.3, -0.25) is 9.69 Å². The molecular weight excluding hydrogens is 329 g/mol. The molecule has 5 heteroatoms. The fourth-order valence-corrected chi connectivity index (χ4v) is 2.73. The van der Waals surface area contributed by atoms with Crippen molar-refractivity contribution in [3.8, 4) is 0 Å². The zero-order chi connectivity index (χ0) is 15.4. The largest absolute Gasteiger partial charge is 0.295 e. The number of hydrogen-bond donors (Lipinski definition) is 0. The van der Waals surface area contributed by atoms with Crippen molar-refractivity contribution in [1.29, 1.82) is 0 Å². The summed E-state index contributed by atoms with van der Waals surface area (Å²) in [5, 5.41) is 1.58. The van der Waals surface area contributed by atoms with Crippen molar-refractivity contribution < 1.29 is 4.79 Å². The summed E-state index contributed by atoms with van der Waals surface area (Å²) in [5.74, 6) is -0.0498. The number of nitrogens with zero attached hydrogens (tertiary/aromatic N) is 1. The Balaban J connectivity index is 2.04. The third-order valence-corrected chi connectivity index (χ3v) is 3.96. The summed E-state index contributed by atoms with van der Waals surface area (Å²) in [6.07, 6.45) is 0. The number of carbonyl (C=O) groups is 1. The first-order valence-electron chi connectivity index (χ1n) is 6.37. The van der Waals surface area contributed by atoms with Crippen LogP contribution in [0.4, 0.5) is 0 Å². The van der Waals surface area contributed by atoms with Gasteiger partial charge in [-0.05, 0) is 36.9 Å². The zero-order valence-corrected chi connectivity index (χ0v) is 13.7. The Morgan fingerprint density at radius 3 is 2.43 bits per heavy atom. The fourth-order valence-electron chi connectivity index (χ4n) is 2.02. The van der Waals surface area contributed by atoms with Gasteiger partial charge in [0.1, 0.15) is 0 Å². The van der Waals surface area contributed by atoms with Gasteiger partial charge in [-0.2, -0.15) is 0 Å². The first-order valence-corrected chi connectivity index (χ1v) is 7.51. The molecule has 0 aromatic heterocycles. The molecule has 0 unspecified atom stereocenters. The van der Waals surface area contributed by atoms with Crippen LogP contribution in [0.2, 0.25) is 15.1 Å². The van der Waals surface area contributed by atoms with Gasteiger partial charge in [-0.25, -0.2) is 0 Å². The minimum absolute atomic E-state index is 0.0498. The van der Waals surface area contributed by atoms with Crippen molar-refractivity contribution in [3.63, 3.8) is 0 Å². The van der Waals surface area contributed by atoms with Crippen molar-refractivity contribution >= 4 is 40.6 Å². The molecule has 2 aromatic carbocycles. The van der Waals surface area contributed by atoms with Crippen molar-refractivity contribution in [3.05, 3.63) is 68.7 Å². The lowest BCUT2D eigenvalue weighted by molar-refractivity contribution is 0.0943. The lowest BCUT2D eigenvalue weighted by Crippen LogP contribution is -2.25. The Kier molecular flexibility index (Phi) is 5.65. The van der Waals surface area contributed by atoms with E-state index in [9.17, 15) is 4.79 Å². The van der Waals surface area contributed by atoms with Gasteiger partial charge in [0.15, 0.2) is 5.78 Å². The van der Waals surface area contributed by atoms with E-state index in [0.717, 1.165) is 5.56 Å². The number of carbonyl (C=O) groups excluding carboxylic acids is 1. The predicted octanol–water partition coefficient (Wildman–Crippen LogP) is 4.96. The maximum Gasteiger partial charge on any atom is 0.178 e. The molecule has 0 aliphatic rings. The number of halogens is 3. The van der Waals surface area contributed by atoms with E-state index in [0.29, 0.717) is 27.2 Å². The minimum Gasteiger partial charge on any atom is -0.295 e. The number of Topliss-reactive ketones (excluding diaryl/α,β-unsaturated/α-hetero) is 1. The van der Waals surface area contributed by atoms with Crippen LogP contribution in [-0.4, -0.2) is 24.3 Å². The molecule has 0 saturated heterocycles. The lowest BCUT2D eigenvalue weighted by Gasteiger charge is -2.17. The summed E-state index contributed by atoms with van der Waals surface area (Å²) in [6, 6.07) is 12.5. The highest BCUT2D eigenvalue weighted by atomic mass is 35.5. The van der Waals surface area contributed by atoms with Crippen LogP contribution >= 0.6 is 34.8 Å². The molecule has 0 fully saturated rings. The molecule has 0 heterocycles. The van der Waals surface area contributed by atoms with E-state index >= 15 is 0 Å². The van der Waals surface area contributed by atoms with Gasteiger partial charge in [0, 0.05) is 22.2 Å². The molecule has 0 bridgehead atoms.